The number of nitriles is 1. The van der Waals surface area contributed by atoms with E-state index in [0.717, 1.165) is 92.2 Å². The Hall–Kier alpha value is -5.25. The fraction of sp³-hybridized carbons (Fsp3) is 0.442. The highest BCUT2D eigenvalue weighted by molar-refractivity contribution is 6.32. The number of halogens is 1. The van der Waals surface area contributed by atoms with Crippen LogP contribution in [0, 0.1) is 16.7 Å². The lowest BCUT2D eigenvalue weighted by molar-refractivity contribution is -0.136. The van der Waals surface area contributed by atoms with Gasteiger partial charge < -0.3 is 14.7 Å². The van der Waals surface area contributed by atoms with Crippen LogP contribution in [0.3, 0.4) is 0 Å². The first kappa shape index (κ1) is 36.4. The van der Waals surface area contributed by atoms with Gasteiger partial charge in [-0.3, -0.25) is 39.1 Å². The van der Waals surface area contributed by atoms with Gasteiger partial charge in [0.2, 0.25) is 11.8 Å². The van der Waals surface area contributed by atoms with E-state index in [2.05, 4.69) is 45.1 Å². The monoisotopic (exact) mass is 773 g/mol. The predicted molar refractivity (Wildman–Crippen MR) is 209 cm³/mol. The SMILES string of the molecule is CC1CC2(CCN(C(=O)c3ccc(N4CCC(N5Cc6cc7c(cc6C5)C(=O)N(C5CCC(=O)NC5=O)C7=O)CC4)cc3)CC2)CN1c1ccc(C#N)c(Cl)c1. The molecule has 3 aromatic rings. The molecule has 56 heavy (non-hydrogen) atoms. The lowest BCUT2D eigenvalue weighted by Crippen LogP contribution is -2.54. The molecule has 9 rings (SSSR count). The number of piperidine rings is 3. The first-order valence-electron chi connectivity index (χ1n) is 19.7. The lowest BCUT2D eigenvalue weighted by atomic mass is 9.76. The summed E-state index contributed by atoms with van der Waals surface area (Å²) in [5, 5.41) is 12.0. The Bertz CT molecular complexity index is 2160. The van der Waals surface area contributed by atoms with Gasteiger partial charge in [-0.15, -0.1) is 0 Å². The number of carbonyl (C=O) groups is 5. The standard InChI is InChI=1S/C43H44ClN7O5/c1-26-21-43(25-50(26)33-7-4-28(22-45)36(44)20-33)12-16-48(17-13-43)40(54)27-2-5-31(6-3-27)47-14-10-32(11-15-47)49-23-29-18-34-35(19-30(29)24-49)42(56)51(41(34)55)37-8-9-38(52)46-39(37)53/h2-7,18-20,26,32,37H,8-17,21,23-25H2,1H3,(H,46,52,53). The van der Waals surface area contributed by atoms with E-state index in [9.17, 15) is 29.2 Å². The van der Waals surface area contributed by atoms with Gasteiger partial charge in [-0.05, 0) is 117 Å². The van der Waals surface area contributed by atoms with E-state index in [-0.39, 0.29) is 30.1 Å². The maximum Gasteiger partial charge on any atom is 0.262 e. The van der Waals surface area contributed by atoms with Crippen LogP contribution in [0.25, 0.3) is 0 Å². The Balaban J connectivity index is 0.767. The molecule has 4 fully saturated rings. The van der Waals surface area contributed by atoms with Gasteiger partial charge in [0.05, 0.1) is 21.7 Å². The summed E-state index contributed by atoms with van der Waals surface area (Å²) in [4.78, 5) is 74.6. The maximum absolute atomic E-state index is 13.6. The average molecular weight is 774 g/mol. The number of rotatable bonds is 5. The number of hydrogen-bond acceptors (Lipinski definition) is 9. The molecule has 2 unspecified atom stereocenters. The van der Waals surface area contributed by atoms with Crippen LogP contribution in [-0.4, -0.2) is 95.1 Å². The van der Waals surface area contributed by atoms with Crippen molar-refractivity contribution in [2.75, 3.05) is 42.5 Å². The summed E-state index contributed by atoms with van der Waals surface area (Å²) < 4.78 is 0. The molecule has 2 atom stereocenters. The van der Waals surface area contributed by atoms with Crippen LogP contribution in [0.2, 0.25) is 5.02 Å². The van der Waals surface area contributed by atoms with Crippen molar-refractivity contribution in [1.82, 2.24) is 20.0 Å². The minimum absolute atomic E-state index is 0.0820. The zero-order chi connectivity index (χ0) is 38.9. The minimum Gasteiger partial charge on any atom is -0.371 e. The van der Waals surface area contributed by atoms with Crippen molar-refractivity contribution in [1.29, 1.82) is 5.26 Å². The summed E-state index contributed by atoms with van der Waals surface area (Å²) in [5.41, 5.74) is 6.26. The van der Waals surface area contributed by atoms with Crippen LogP contribution in [0.15, 0.2) is 54.6 Å². The number of anilines is 2. The van der Waals surface area contributed by atoms with E-state index in [4.69, 9.17) is 11.6 Å². The molecule has 0 aliphatic carbocycles. The van der Waals surface area contributed by atoms with Gasteiger partial charge >= 0.3 is 0 Å². The average Bonchev–Trinajstić information content (AvgIpc) is 3.84. The molecule has 1 spiro atoms. The molecule has 6 aliphatic rings. The number of fused-ring (bicyclic) bond motifs is 2. The van der Waals surface area contributed by atoms with Crippen LogP contribution < -0.4 is 15.1 Å². The lowest BCUT2D eigenvalue weighted by Gasteiger charge is -2.39. The van der Waals surface area contributed by atoms with Crippen LogP contribution in [-0.2, 0) is 22.7 Å². The molecular weight excluding hydrogens is 730 g/mol. The van der Waals surface area contributed by atoms with Crippen molar-refractivity contribution in [3.05, 3.63) is 93.0 Å². The van der Waals surface area contributed by atoms with E-state index in [0.29, 0.717) is 52.4 Å². The third-order valence-corrected chi connectivity index (χ3v) is 13.6. The normalized spacial score (nSPS) is 23.8. The fourth-order valence-corrected chi connectivity index (χ4v) is 10.3. The smallest absolute Gasteiger partial charge is 0.262 e. The summed E-state index contributed by atoms with van der Waals surface area (Å²) in [5.74, 6) is -1.84. The minimum atomic E-state index is -0.964. The molecule has 3 aromatic carbocycles. The van der Waals surface area contributed by atoms with E-state index in [1.807, 2.05) is 41.3 Å². The van der Waals surface area contributed by atoms with Crippen molar-refractivity contribution in [3.8, 4) is 6.07 Å². The zero-order valence-electron chi connectivity index (χ0n) is 31.4. The molecule has 12 nitrogen and oxygen atoms in total. The third kappa shape index (κ3) is 6.31. The largest absolute Gasteiger partial charge is 0.371 e. The van der Waals surface area contributed by atoms with Gasteiger partial charge in [0, 0.05) is 81.3 Å². The van der Waals surface area contributed by atoms with Crippen LogP contribution >= 0.6 is 11.6 Å². The molecule has 0 saturated carbocycles. The van der Waals surface area contributed by atoms with Gasteiger partial charge in [0.1, 0.15) is 12.1 Å². The summed E-state index contributed by atoms with van der Waals surface area (Å²) in [6.45, 7) is 7.81. The molecule has 1 N–H and O–H groups in total. The predicted octanol–water partition coefficient (Wildman–Crippen LogP) is 5.12. The number of hydrogen-bond donors (Lipinski definition) is 1. The number of amides is 5. The Kier molecular flexibility index (Phi) is 9.13. The highest BCUT2D eigenvalue weighted by Crippen LogP contribution is 2.45. The quantitative estimate of drug-likeness (QED) is 0.351. The van der Waals surface area contributed by atoms with Crippen molar-refractivity contribution < 1.29 is 24.0 Å². The van der Waals surface area contributed by atoms with Crippen LogP contribution in [0.1, 0.15) is 99.6 Å². The van der Waals surface area contributed by atoms with Crippen LogP contribution in [0.4, 0.5) is 11.4 Å². The number of nitrogens with one attached hydrogen (secondary N) is 1. The van der Waals surface area contributed by atoms with E-state index in [1.54, 1.807) is 6.07 Å². The molecule has 6 aliphatic heterocycles. The fourth-order valence-electron chi connectivity index (χ4n) is 10.1. The summed E-state index contributed by atoms with van der Waals surface area (Å²) >= 11 is 6.36. The highest BCUT2D eigenvalue weighted by Gasteiger charge is 2.47. The number of nitrogens with zero attached hydrogens (tertiary/aromatic N) is 6. The Morgan fingerprint density at radius 1 is 0.857 bits per heavy atom. The number of carbonyl (C=O) groups excluding carboxylic acids is 5. The van der Waals surface area contributed by atoms with Crippen molar-refractivity contribution in [2.45, 2.75) is 83.1 Å². The van der Waals surface area contributed by atoms with E-state index >= 15 is 0 Å². The van der Waals surface area contributed by atoms with Gasteiger partial charge in [0.25, 0.3) is 17.7 Å². The topological polar surface area (TPSA) is 137 Å². The first-order chi connectivity index (χ1) is 27.0. The van der Waals surface area contributed by atoms with Gasteiger partial charge in [-0.2, -0.15) is 5.26 Å². The highest BCUT2D eigenvalue weighted by atomic mass is 35.5. The maximum atomic E-state index is 13.6. The Morgan fingerprint density at radius 2 is 1.50 bits per heavy atom. The molecule has 13 heteroatoms. The number of benzene rings is 3. The second-order valence-electron chi connectivity index (χ2n) is 16.5. The molecular formula is C43H44ClN7O5. The molecule has 0 bridgehead atoms. The van der Waals surface area contributed by atoms with E-state index < -0.39 is 23.8 Å². The first-order valence-corrected chi connectivity index (χ1v) is 20.1. The molecule has 0 aromatic heterocycles. The summed E-state index contributed by atoms with van der Waals surface area (Å²) in [6.07, 6.45) is 5.17. The number of imide groups is 2. The molecule has 0 radical (unpaired) electrons. The third-order valence-electron chi connectivity index (χ3n) is 13.2. The molecule has 6 heterocycles. The number of likely N-dealkylation sites (tertiary alicyclic amines) is 1. The van der Waals surface area contributed by atoms with Crippen molar-refractivity contribution in [2.24, 2.45) is 5.41 Å². The molecule has 288 valence electrons. The van der Waals surface area contributed by atoms with Crippen molar-refractivity contribution >= 4 is 52.5 Å². The second kappa shape index (κ2) is 14.0. The summed E-state index contributed by atoms with van der Waals surface area (Å²) in [6, 6.07) is 19.3. The van der Waals surface area contributed by atoms with Gasteiger partial charge in [-0.1, -0.05) is 11.6 Å². The van der Waals surface area contributed by atoms with E-state index in [1.165, 1.54) is 0 Å². The second-order valence-corrected chi connectivity index (χ2v) is 16.9. The van der Waals surface area contributed by atoms with Gasteiger partial charge in [0.15, 0.2) is 0 Å². The van der Waals surface area contributed by atoms with Gasteiger partial charge in [-0.25, -0.2) is 0 Å². The Morgan fingerprint density at radius 3 is 2.11 bits per heavy atom. The Labute approximate surface area is 330 Å². The summed E-state index contributed by atoms with van der Waals surface area (Å²) in [7, 11) is 0. The molecule has 4 saturated heterocycles. The zero-order valence-corrected chi connectivity index (χ0v) is 32.2. The van der Waals surface area contributed by atoms with Crippen molar-refractivity contribution in [3.63, 3.8) is 0 Å². The van der Waals surface area contributed by atoms with Crippen LogP contribution in [0.5, 0.6) is 0 Å². The molecule has 5 amide bonds.